The maximum absolute atomic E-state index is 12.7. The predicted molar refractivity (Wildman–Crippen MR) is 97.3 cm³/mol. The van der Waals surface area contributed by atoms with E-state index in [9.17, 15) is 4.79 Å². The van der Waals surface area contributed by atoms with Crippen molar-refractivity contribution in [2.45, 2.75) is 43.9 Å². The van der Waals surface area contributed by atoms with Gasteiger partial charge in [0.1, 0.15) is 0 Å². The maximum atomic E-state index is 12.7. The third-order valence-electron chi connectivity index (χ3n) is 6.11. The van der Waals surface area contributed by atoms with Gasteiger partial charge >= 0.3 is 0 Å². The molecule has 2 heterocycles. The van der Waals surface area contributed by atoms with E-state index in [1.54, 1.807) is 0 Å². The summed E-state index contributed by atoms with van der Waals surface area (Å²) < 4.78 is 0. The van der Waals surface area contributed by atoms with Crippen molar-refractivity contribution in [1.29, 1.82) is 0 Å². The lowest BCUT2D eigenvalue weighted by Gasteiger charge is -2.36. The van der Waals surface area contributed by atoms with Crippen LogP contribution >= 0.6 is 11.6 Å². The first kappa shape index (κ1) is 16.4. The van der Waals surface area contributed by atoms with E-state index in [0.29, 0.717) is 11.3 Å². The van der Waals surface area contributed by atoms with Crippen molar-refractivity contribution < 1.29 is 4.79 Å². The van der Waals surface area contributed by atoms with Crippen LogP contribution in [0.15, 0.2) is 24.3 Å². The zero-order chi connectivity index (χ0) is 16.6. The summed E-state index contributed by atoms with van der Waals surface area (Å²) in [6.45, 7) is 5.14. The minimum absolute atomic E-state index is 0.220. The van der Waals surface area contributed by atoms with Gasteiger partial charge in [0.15, 0.2) is 0 Å². The Morgan fingerprint density at radius 1 is 1.08 bits per heavy atom. The highest BCUT2D eigenvalue weighted by Gasteiger charge is 2.46. The Hall–Kier alpha value is -1.06. The van der Waals surface area contributed by atoms with Gasteiger partial charge < -0.3 is 9.80 Å². The van der Waals surface area contributed by atoms with E-state index in [1.165, 1.54) is 31.2 Å². The van der Waals surface area contributed by atoms with Crippen LogP contribution in [0.5, 0.6) is 0 Å². The van der Waals surface area contributed by atoms with Gasteiger partial charge in [-0.1, -0.05) is 23.7 Å². The van der Waals surface area contributed by atoms with Crippen molar-refractivity contribution in [3.05, 3.63) is 34.9 Å². The first-order valence-electron chi connectivity index (χ1n) is 9.44. The second-order valence-electron chi connectivity index (χ2n) is 7.89. The molecule has 4 heteroatoms. The molecule has 0 bridgehead atoms. The first-order valence-corrected chi connectivity index (χ1v) is 9.81. The van der Waals surface area contributed by atoms with Crippen LogP contribution in [-0.2, 0) is 10.2 Å². The summed E-state index contributed by atoms with van der Waals surface area (Å²) in [6.07, 6.45) is 7.11. The van der Waals surface area contributed by atoms with Crippen molar-refractivity contribution in [1.82, 2.24) is 9.80 Å². The van der Waals surface area contributed by atoms with Gasteiger partial charge in [-0.05, 0) is 62.8 Å². The Bertz CT molecular complexity index is 590. The molecule has 0 N–H and O–H groups in total. The van der Waals surface area contributed by atoms with Crippen LogP contribution in [0.25, 0.3) is 0 Å². The molecule has 0 radical (unpaired) electrons. The number of piperidine rings is 1. The molecule has 2 saturated heterocycles. The third-order valence-corrected chi connectivity index (χ3v) is 6.36. The summed E-state index contributed by atoms with van der Waals surface area (Å²) in [5, 5.41) is 0.809. The molecule has 0 unspecified atom stereocenters. The van der Waals surface area contributed by atoms with Gasteiger partial charge in [0.05, 0.1) is 5.92 Å². The van der Waals surface area contributed by atoms with Crippen molar-refractivity contribution in [3.8, 4) is 0 Å². The summed E-state index contributed by atoms with van der Waals surface area (Å²) >= 11 is 6.04. The Labute approximate surface area is 150 Å². The SMILES string of the molecule is O=C([C@@H]1CCCN(CC2(c3ccc(Cl)cc3)CC2)C1)N1CCCC1. The summed E-state index contributed by atoms with van der Waals surface area (Å²) in [7, 11) is 0. The standard InChI is InChI=1S/C20H27ClN2O/c21-18-7-5-17(6-8-18)20(9-10-20)15-22-11-3-4-16(14-22)19(24)23-12-1-2-13-23/h5-8,16H,1-4,9-15H2/t16-/m1/s1. The second kappa shape index (κ2) is 6.68. The molecule has 1 atom stereocenters. The summed E-state index contributed by atoms with van der Waals surface area (Å²) in [4.78, 5) is 17.4. The quantitative estimate of drug-likeness (QED) is 0.829. The van der Waals surface area contributed by atoms with Gasteiger partial charge in [0, 0.05) is 36.6 Å². The van der Waals surface area contributed by atoms with Crippen molar-refractivity contribution in [2.24, 2.45) is 5.92 Å². The molecule has 2 aliphatic heterocycles. The lowest BCUT2D eigenvalue weighted by molar-refractivity contribution is -0.136. The number of benzene rings is 1. The zero-order valence-electron chi connectivity index (χ0n) is 14.3. The molecular weight excluding hydrogens is 320 g/mol. The van der Waals surface area contributed by atoms with Crippen LogP contribution in [0.2, 0.25) is 5.02 Å². The van der Waals surface area contributed by atoms with E-state index in [4.69, 9.17) is 11.6 Å². The van der Waals surface area contributed by atoms with Crippen LogP contribution in [0.1, 0.15) is 44.1 Å². The fourth-order valence-corrected chi connectivity index (χ4v) is 4.64. The molecule has 24 heavy (non-hydrogen) atoms. The second-order valence-corrected chi connectivity index (χ2v) is 8.33. The van der Waals surface area contributed by atoms with Crippen LogP contribution in [0.3, 0.4) is 0 Å². The molecule has 3 nitrogen and oxygen atoms in total. The largest absolute Gasteiger partial charge is 0.342 e. The van der Waals surface area contributed by atoms with Crippen molar-refractivity contribution >= 4 is 17.5 Å². The number of amides is 1. The molecular formula is C20H27ClN2O. The Kier molecular flexibility index (Phi) is 4.57. The van der Waals surface area contributed by atoms with E-state index in [2.05, 4.69) is 21.9 Å². The monoisotopic (exact) mass is 346 g/mol. The van der Waals surface area contributed by atoms with Crippen LogP contribution in [0, 0.1) is 5.92 Å². The van der Waals surface area contributed by atoms with Gasteiger partial charge in [-0.2, -0.15) is 0 Å². The maximum Gasteiger partial charge on any atom is 0.226 e. The molecule has 3 fully saturated rings. The molecule has 1 saturated carbocycles. The fourth-order valence-electron chi connectivity index (χ4n) is 4.52. The van der Waals surface area contributed by atoms with E-state index >= 15 is 0 Å². The number of halogens is 1. The highest BCUT2D eigenvalue weighted by Crippen LogP contribution is 2.49. The molecule has 0 aromatic heterocycles. The van der Waals surface area contributed by atoms with E-state index in [0.717, 1.165) is 50.6 Å². The molecule has 1 aromatic carbocycles. The molecule has 1 aliphatic carbocycles. The minimum atomic E-state index is 0.220. The lowest BCUT2D eigenvalue weighted by Crippen LogP contribution is -2.46. The number of likely N-dealkylation sites (tertiary alicyclic amines) is 2. The van der Waals surface area contributed by atoms with Gasteiger partial charge in [0.2, 0.25) is 5.91 Å². The van der Waals surface area contributed by atoms with E-state index < -0.39 is 0 Å². The van der Waals surface area contributed by atoms with Crippen molar-refractivity contribution in [3.63, 3.8) is 0 Å². The number of carbonyl (C=O) groups excluding carboxylic acids is 1. The third kappa shape index (κ3) is 3.34. The number of nitrogens with zero attached hydrogens (tertiary/aromatic N) is 2. The van der Waals surface area contributed by atoms with Gasteiger partial charge in [0.25, 0.3) is 0 Å². The lowest BCUT2D eigenvalue weighted by atomic mass is 9.91. The minimum Gasteiger partial charge on any atom is -0.342 e. The summed E-state index contributed by atoms with van der Waals surface area (Å²) in [5.41, 5.74) is 1.73. The van der Waals surface area contributed by atoms with Gasteiger partial charge in [-0.25, -0.2) is 0 Å². The molecule has 1 aromatic rings. The first-order chi connectivity index (χ1) is 11.7. The number of carbonyl (C=O) groups is 1. The molecule has 4 rings (SSSR count). The fraction of sp³-hybridized carbons (Fsp3) is 0.650. The highest BCUT2D eigenvalue weighted by atomic mass is 35.5. The van der Waals surface area contributed by atoms with Gasteiger partial charge in [-0.3, -0.25) is 4.79 Å². The van der Waals surface area contributed by atoms with Crippen molar-refractivity contribution in [2.75, 3.05) is 32.7 Å². The Balaban J connectivity index is 1.39. The zero-order valence-corrected chi connectivity index (χ0v) is 15.1. The van der Waals surface area contributed by atoms with E-state index in [1.807, 2.05) is 12.1 Å². The molecule has 130 valence electrons. The number of hydrogen-bond acceptors (Lipinski definition) is 2. The topological polar surface area (TPSA) is 23.6 Å². The normalized spacial score (nSPS) is 26.5. The highest BCUT2D eigenvalue weighted by molar-refractivity contribution is 6.30. The number of rotatable bonds is 4. The number of hydrogen-bond donors (Lipinski definition) is 0. The summed E-state index contributed by atoms with van der Waals surface area (Å²) in [6, 6.07) is 8.39. The molecule has 3 aliphatic rings. The average molecular weight is 347 g/mol. The van der Waals surface area contributed by atoms with Crippen LogP contribution in [0.4, 0.5) is 0 Å². The average Bonchev–Trinajstić information content (AvgIpc) is 3.17. The van der Waals surface area contributed by atoms with Crippen LogP contribution in [-0.4, -0.2) is 48.4 Å². The summed E-state index contributed by atoms with van der Waals surface area (Å²) in [5.74, 6) is 0.631. The molecule has 1 amide bonds. The Morgan fingerprint density at radius 2 is 1.79 bits per heavy atom. The molecule has 0 spiro atoms. The predicted octanol–water partition coefficient (Wildman–Crippen LogP) is 3.71. The van der Waals surface area contributed by atoms with Crippen LogP contribution < -0.4 is 0 Å². The van der Waals surface area contributed by atoms with Gasteiger partial charge in [-0.15, -0.1) is 0 Å². The van der Waals surface area contributed by atoms with E-state index in [-0.39, 0.29) is 5.92 Å². The Morgan fingerprint density at radius 3 is 2.46 bits per heavy atom. The smallest absolute Gasteiger partial charge is 0.226 e.